The largest absolute Gasteiger partial charge is 0.416 e. The van der Waals surface area contributed by atoms with Crippen LogP contribution in [0.2, 0.25) is 0 Å². The van der Waals surface area contributed by atoms with Crippen molar-refractivity contribution in [2.24, 2.45) is 0 Å². The van der Waals surface area contributed by atoms with E-state index in [-0.39, 0.29) is 23.7 Å². The molecule has 0 aliphatic carbocycles. The molecule has 0 spiro atoms. The molecule has 1 fully saturated rings. The van der Waals surface area contributed by atoms with Gasteiger partial charge in [-0.25, -0.2) is 15.0 Å². The fourth-order valence-corrected chi connectivity index (χ4v) is 3.39. The lowest BCUT2D eigenvalue weighted by Crippen LogP contribution is -2.31. The maximum atomic E-state index is 12.9. The molecule has 0 aromatic carbocycles. The number of carbonyl (C=O) groups is 1. The molecule has 0 radical (unpaired) electrons. The molecule has 154 valence electrons. The van der Waals surface area contributed by atoms with Crippen molar-refractivity contribution in [2.75, 3.05) is 11.9 Å². The number of halogens is 3. The molecular formula is C20H17F3N6O. The molecule has 1 unspecified atom stereocenters. The number of alkyl halides is 3. The number of rotatable bonds is 4. The highest BCUT2D eigenvalue weighted by atomic mass is 19.4. The topological polar surface area (TPSA) is 83.9 Å². The van der Waals surface area contributed by atoms with Crippen LogP contribution in [-0.2, 0) is 6.18 Å². The lowest BCUT2D eigenvalue weighted by Gasteiger charge is -2.24. The first-order chi connectivity index (χ1) is 14.4. The predicted octanol–water partition coefficient (Wildman–Crippen LogP) is 4.01. The van der Waals surface area contributed by atoms with Gasteiger partial charge in [0.05, 0.1) is 17.3 Å². The van der Waals surface area contributed by atoms with Crippen molar-refractivity contribution in [2.45, 2.75) is 25.1 Å². The third-order valence-electron chi connectivity index (χ3n) is 4.79. The van der Waals surface area contributed by atoms with Gasteiger partial charge in [-0.3, -0.25) is 9.78 Å². The molecule has 3 aromatic heterocycles. The zero-order valence-electron chi connectivity index (χ0n) is 15.7. The average molecular weight is 414 g/mol. The lowest BCUT2D eigenvalue weighted by atomic mass is 10.1. The molecule has 0 saturated carbocycles. The van der Waals surface area contributed by atoms with E-state index in [0.29, 0.717) is 17.8 Å². The van der Waals surface area contributed by atoms with Gasteiger partial charge in [-0.15, -0.1) is 0 Å². The van der Waals surface area contributed by atoms with Crippen LogP contribution in [0.5, 0.6) is 0 Å². The minimum atomic E-state index is -4.47. The molecule has 7 nitrogen and oxygen atoms in total. The van der Waals surface area contributed by atoms with Gasteiger partial charge in [-0.2, -0.15) is 13.2 Å². The van der Waals surface area contributed by atoms with E-state index in [1.807, 2.05) is 0 Å². The summed E-state index contributed by atoms with van der Waals surface area (Å²) in [5, 5.41) is 2.71. The second-order valence-corrected chi connectivity index (χ2v) is 6.75. The van der Waals surface area contributed by atoms with Crippen molar-refractivity contribution < 1.29 is 18.0 Å². The van der Waals surface area contributed by atoms with Crippen molar-refractivity contribution in [1.29, 1.82) is 0 Å². The molecule has 1 aliphatic rings. The predicted molar refractivity (Wildman–Crippen MR) is 102 cm³/mol. The van der Waals surface area contributed by atoms with Gasteiger partial charge in [0.2, 0.25) is 5.95 Å². The number of hydrogen-bond acceptors (Lipinski definition) is 6. The summed E-state index contributed by atoms with van der Waals surface area (Å²) in [6.45, 7) is 0.591. The monoisotopic (exact) mass is 414 g/mol. The molecule has 1 N–H and O–H groups in total. The molecule has 4 rings (SSSR count). The number of nitrogens with zero attached hydrogens (tertiary/aromatic N) is 5. The van der Waals surface area contributed by atoms with Gasteiger partial charge in [0.25, 0.3) is 5.91 Å². The third kappa shape index (κ3) is 4.22. The lowest BCUT2D eigenvalue weighted by molar-refractivity contribution is -0.137. The summed E-state index contributed by atoms with van der Waals surface area (Å²) < 4.78 is 38.7. The van der Waals surface area contributed by atoms with Gasteiger partial charge < -0.3 is 10.2 Å². The van der Waals surface area contributed by atoms with Crippen LogP contribution < -0.4 is 5.32 Å². The minimum Gasteiger partial charge on any atom is -0.330 e. The number of likely N-dealkylation sites (tertiary alicyclic amines) is 1. The van der Waals surface area contributed by atoms with Gasteiger partial charge in [0.1, 0.15) is 5.82 Å². The van der Waals surface area contributed by atoms with E-state index in [4.69, 9.17) is 0 Å². The Morgan fingerprint density at radius 3 is 2.60 bits per heavy atom. The highest BCUT2D eigenvalue weighted by Crippen LogP contribution is 2.33. The standard InChI is InChI=1S/C20H17F3N6O/c21-20(22,23)14-5-9-25-17(12-14)28-19-26-10-6-15(27-19)16-2-1-11-29(16)18(30)13-3-7-24-8-4-13/h3-10,12,16H,1-2,11H2,(H,25,26,27,28). The quantitative estimate of drug-likeness (QED) is 0.695. The summed E-state index contributed by atoms with van der Waals surface area (Å²) >= 11 is 0. The molecule has 1 atom stereocenters. The number of aromatic nitrogens is 4. The van der Waals surface area contributed by atoms with Gasteiger partial charge in [0.15, 0.2) is 0 Å². The molecule has 30 heavy (non-hydrogen) atoms. The maximum absolute atomic E-state index is 12.9. The van der Waals surface area contributed by atoms with E-state index in [1.54, 1.807) is 35.5 Å². The second-order valence-electron chi connectivity index (χ2n) is 6.75. The van der Waals surface area contributed by atoms with Crippen LogP contribution >= 0.6 is 0 Å². The molecule has 4 heterocycles. The van der Waals surface area contributed by atoms with Crippen molar-refractivity contribution in [1.82, 2.24) is 24.8 Å². The van der Waals surface area contributed by atoms with Crippen LogP contribution in [0.25, 0.3) is 0 Å². The second kappa shape index (κ2) is 8.05. The Hall–Kier alpha value is -3.56. The number of hydrogen-bond donors (Lipinski definition) is 1. The number of nitrogens with one attached hydrogen (secondary N) is 1. The summed E-state index contributed by atoms with van der Waals surface area (Å²) in [7, 11) is 0. The molecule has 10 heteroatoms. The zero-order valence-corrected chi connectivity index (χ0v) is 15.7. The molecule has 3 aromatic rings. The number of carbonyl (C=O) groups excluding carboxylic acids is 1. The SMILES string of the molecule is O=C(c1ccncc1)N1CCCC1c1ccnc(Nc2cc(C(F)(F)F)ccn2)n1. The van der Waals surface area contributed by atoms with E-state index in [9.17, 15) is 18.0 Å². The Morgan fingerprint density at radius 2 is 1.83 bits per heavy atom. The van der Waals surface area contributed by atoms with Crippen LogP contribution in [0.1, 0.15) is 40.5 Å². The molecule has 1 aliphatic heterocycles. The average Bonchev–Trinajstić information content (AvgIpc) is 3.24. The van der Waals surface area contributed by atoms with Crippen molar-refractivity contribution in [3.05, 3.63) is 71.9 Å². The van der Waals surface area contributed by atoms with E-state index in [2.05, 4.69) is 25.3 Å². The van der Waals surface area contributed by atoms with Crippen molar-refractivity contribution >= 4 is 17.7 Å². The van der Waals surface area contributed by atoms with Crippen LogP contribution in [0, 0.1) is 0 Å². The highest BCUT2D eigenvalue weighted by molar-refractivity contribution is 5.94. The Kier molecular flexibility index (Phi) is 5.30. The van der Waals surface area contributed by atoms with E-state index in [1.165, 1.54) is 6.20 Å². The van der Waals surface area contributed by atoms with Gasteiger partial charge in [-0.1, -0.05) is 0 Å². The Labute approximate surface area is 170 Å². The minimum absolute atomic E-state index is 0.0156. The van der Waals surface area contributed by atoms with Crippen LogP contribution in [-0.4, -0.2) is 37.3 Å². The first kappa shape index (κ1) is 19.7. The zero-order chi connectivity index (χ0) is 21.1. The normalized spacial score (nSPS) is 16.5. The number of pyridine rings is 2. The first-order valence-electron chi connectivity index (χ1n) is 9.26. The number of anilines is 2. The summed E-state index contributed by atoms with van der Waals surface area (Å²) in [6.07, 6.45) is 2.78. The molecular weight excluding hydrogens is 397 g/mol. The summed E-state index contributed by atoms with van der Waals surface area (Å²) in [5.41, 5.74) is 0.331. The smallest absolute Gasteiger partial charge is 0.330 e. The fourth-order valence-electron chi connectivity index (χ4n) is 3.39. The highest BCUT2D eigenvalue weighted by Gasteiger charge is 2.32. The van der Waals surface area contributed by atoms with E-state index < -0.39 is 11.7 Å². The van der Waals surface area contributed by atoms with Gasteiger partial charge in [-0.05, 0) is 43.2 Å². The molecule has 1 saturated heterocycles. The van der Waals surface area contributed by atoms with Crippen LogP contribution in [0.4, 0.5) is 24.9 Å². The van der Waals surface area contributed by atoms with Crippen LogP contribution in [0.15, 0.2) is 55.1 Å². The first-order valence-corrected chi connectivity index (χ1v) is 9.26. The molecule has 1 amide bonds. The third-order valence-corrected chi connectivity index (χ3v) is 4.79. The number of amides is 1. The van der Waals surface area contributed by atoms with Crippen LogP contribution in [0.3, 0.4) is 0 Å². The molecule has 0 bridgehead atoms. The Bertz CT molecular complexity index is 1040. The summed E-state index contributed by atoms with van der Waals surface area (Å²) in [4.78, 5) is 30.9. The summed E-state index contributed by atoms with van der Waals surface area (Å²) in [5.74, 6) is -0.0202. The fraction of sp³-hybridized carbons (Fsp3) is 0.250. The summed E-state index contributed by atoms with van der Waals surface area (Å²) in [6, 6.07) is 6.55. The van der Waals surface area contributed by atoms with Crippen molar-refractivity contribution in [3.63, 3.8) is 0 Å². The van der Waals surface area contributed by atoms with E-state index in [0.717, 1.165) is 31.2 Å². The van der Waals surface area contributed by atoms with Crippen molar-refractivity contribution in [3.8, 4) is 0 Å². The maximum Gasteiger partial charge on any atom is 0.416 e. The Balaban J connectivity index is 1.55. The Morgan fingerprint density at radius 1 is 1.07 bits per heavy atom. The van der Waals surface area contributed by atoms with Gasteiger partial charge >= 0.3 is 6.18 Å². The van der Waals surface area contributed by atoms with E-state index >= 15 is 0 Å². The van der Waals surface area contributed by atoms with Gasteiger partial charge in [0, 0.05) is 36.9 Å².